The number of aromatic nitrogens is 4. The van der Waals surface area contributed by atoms with Crippen LogP contribution >= 0.6 is 0 Å². The highest BCUT2D eigenvalue weighted by Gasteiger charge is 2.26. The van der Waals surface area contributed by atoms with Crippen LogP contribution in [0.4, 0.5) is 0 Å². The molecule has 5 nitrogen and oxygen atoms in total. The van der Waals surface area contributed by atoms with Crippen molar-refractivity contribution in [3.63, 3.8) is 0 Å². The van der Waals surface area contributed by atoms with Crippen LogP contribution in [0.2, 0.25) is 0 Å². The number of fused-ring (bicyclic) bond motifs is 3. The van der Waals surface area contributed by atoms with Gasteiger partial charge in [0.15, 0.2) is 0 Å². The maximum absolute atomic E-state index is 6.59. The lowest BCUT2D eigenvalue weighted by molar-refractivity contribution is -0.583. The Labute approximate surface area is 287 Å². The molecule has 0 bridgehead atoms. The van der Waals surface area contributed by atoms with Crippen molar-refractivity contribution >= 4 is 21.8 Å². The zero-order chi connectivity index (χ0) is 33.5. The van der Waals surface area contributed by atoms with E-state index < -0.39 is 0 Å². The average Bonchev–Trinajstić information content (AvgIpc) is 3.75. The van der Waals surface area contributed by atoms with E-state index in [0.29, 0.717) is 11.8 Å². The topological polar surface area (TPSA) is 46.7 Å². The number of benzene rings is 5. The fraction of sp³-hybridized carbons (Fsp3) is 0.136. The fourth-order valence-corrected chi connectivity index (χ4v) is 6.97. The molecular weight excluding hydrogens is 601 g/mol. The van der Waals surface area contributed by atoms with E-state index in [2.05, 4.69) is 156 Å². The lowest BCUT2D eigenvalue weighted by Crippen LogP contribution is -2.34. The summed E-state index contributed by atoms with van der Waals surface area (Å²) in [6.45, 7) is 9.12. The first kappa shape index (κ1) is 30.4. The van der Waals surface area contributed by atoms with Crippen molar-refractivity contribution in [2.45, 2.75) is 39.5 Å². The number of para-hydroxylation sites is 1. The Bertz CT molecular complexity index is 2390. The third-order valence-corrected chi connectivity index (χ3v) is 9.31. The first-order chi connectivity index (χ1) is 24.0. The summed E-state index contributed by atoms with van der Waals surface area (Å²) in [7, 11) is 0. The van der Waals surface area contributed by atoms with E-state index in [-0.39, 0.29) is 0 Å². The van der Waals surface area contributed by atoms with Gasteiger partial charge in [0.1, 0.15) is 35.4 Å². The standard InChI is InChI=1S/C44H38N4O/c1-29(2)38-26-33(31-13-6-5-7-14-31)27-39(30(3)4)43(38)47-24-23-46-44(47)32-15-12-16-34(25-32)49-35-20-21-37-36-17-8-9-18-40(36)48(41(37)28-35)42-19-10-11-22-45-42/h5-30H,1-4H3/p+1. The smallest absolute Gasteiger partial charge is 0.291 e. The molecule has 8 aromatic rings. The Morgan fingerprint density at radius 3 is 2.06 bits per heavy atom. The minimum atomic E-state index is 0.331. The van der Waals surface area contributed by atoms with Gasteiger partial charge in [-0.05, 0) is 83.6 Å². The summed E-state index contributed by atoms with van der Waals surface area (Å²) in [5.41, 5.74) is 9.58. The normalized spacial score (nSPS) is 11.6. The molecule has 5 aromatic carbocycles. The number of hydrogen-bond donors (Lipinski definition) is 1. The van der Waals surface area contributed by atoms with Crippen LogP contribution in [-0.2, 0) is 0 Å². The van der Waals surface area contributed by atoms with Gasteiger partial charge in [0.2, 0.25) is 0 Å². The molecule has 0 radical (unpaired) electrons. The molecule has 8 rings (SSSR count). The summed E-state index contributed by atoms with van der Waals surface area (Å²) >= 11 is 0. The van der Waals surface area contributed by atoms with Gasteiger partial charge in [-0.3, -0.25) is 4.57 Å². The Kier molecular flexibility index (Phi) is 7.81. The minimum Gasteiger partial charge on any atom is -0.457 e. The second-order valence-corrected chi connectivity index (χ2v) is 13.2. The van der Waals surface area contributed by atoms with Crippen LogP contribution in [0, 0.1) is 0 Å². The molecule has 49 heavy (non-hydrogen) atoms. The SMILES string of the molecule is CC(C)c1cc(-c2ccccc2)cc(C(C)C)c1-[n+]1cc[nH]c1-c1cccc(Oc2ccc3c4ccccc4n(-c4ccccn4)c3c2)c1. The van der Waals surface area contributed by atoms with E-state index in [4.69, 9.17) is 4.74 Å². The molecule has 0 unspecified atom stereocenters. The summed E-state index contributed by atoms with van der Waals surface area (Å²) in [4.78, 5) is 8.23. The molecule has 0 fully saturated rings. The molecule has 3 aromatic heterocycles. The van der Waals surface area contributed by atoms with Gasteiger partial charge < -0.3 is 4.74 Å². The molecule has 240 valence electrons. The third-order valence-electron chi connectivity index (χ3n) is 9.31. The molecule has 0 saturated carbocycles. The Balaban J connectivity index is 1.19. The molecule has 0 amide bonds. The molecule has 1 N–H and O–H groups in total. The van der Waals surface area contributed by atoms with Crippen molar-refractivity contribution in [3.05, 3.63) is 157 Å². The number of hydrogen-bond acceptors (Lipinski definition) is 2. The van der Waals surface area contributed by atoms with Crippen molar-refractivity contribution in [1.82, 2.24) is 14.5 Å². The molecule has 5 heteroatoms. The van der Waals surface area contributed by atoms with Crippen LogP contribution in [0.5, 0.6) is 11.5 Å². The van der Waals surface area contributed by atoms with E-state index in [1.54, 1.807) is 0 Å². The van der Waals surface area contributed by atoms with Crippen molar-refractivity contribution in [2.24, 2.45) is 0 Å². The van der Waals surface area contributed by atoms with Crippen molar-refractivity contribution in [1.29, 1.82) is 0 Å². The van der Waals surface area contributed by atoms with Crippen molar-refractivity contribution in [2.75, 3.05) is 0 Å². The first-order valence-corrected chi connectivity index (χ1v) is 17.0. The zero-order valence-electron chi connectivity index (χ0n) is 28.3. The van der Waals surface area contributed by atoms with Gasteiger partial charge in [0.25, 0.3) is 5.82 Å². The highest BCUT2D eigenvalue weighted by molar-refractivity contribution is 6.09. The van der Waals surface area contributed by atoms with Crippen molar-refractivity contribution in [3.8, 4) is 45.5 Å². The van der Waals surface area contributed by atoms with Crippen LogP contribution in [0.1, 0.15) is 50.7 Å². The second-order valence-electron chi connectivity index (χ2n) is 13.2. The number of rotatable bonds is 8. The average molecular weight is 640 g/mol. The monoisotopic (exact) mass is 639 g/mol. The molecule has 0 spiro atoms. The Hall–Kier alpha value is -5.94. The maximum atomic E-state index is 6.59. The lowest BCUT2D eigenvalue weighted by atomic mass is 9.88. The molecular formula is C44H39N4O+. The number of nitrogens with one attached hydrogen (secondary N) is 1. The van der Waals surface area contributed by atoms with Gasteiger partial charge >= 0.3 is 0 Å². The van der Waals surface area contributed by atoms with E-state index in [0.717, 1.165) is 45.1 Å². The van der Waals surface area contributed by atoms with Crippen molar-refractivity contribution < 1.29 is 9.30 Å². The summed E-state index contributed by atoms with van der Waals surface area (Å²) in [5, 5.41) is 2.35. The molecule has 0 atom stereocenters. The largest absolute Gasteiger partial charge is 0.457 e. The fourth-order valence-electron chi connectivity index (χ4n) is 6.97. The molecule has 3 heterocycles. The molecule has 0 saturated heterocycles. The predicted molar refractivity (Wildman–Crippen MR) is 200 cm³/mol. The van der Waals surface area contributed by atoms with Crippen LogP contribution in [0.3, 0.4) is 0 Å². The van der Waals surface area contributed by atoms with Gasteiger partial charge in [0, 0.05) is 34.2 Å². The Morgan fingerprint density at radius 2 is 1.31 bits per heavy atom. The van der Waals surface area contributed by atoms with Crippen LogP contribution in [0.25, 0.3) is 55.8 Å². The van der Waals surface area contributed by atoms with E-state index in [1.165, 1.54) is 33.3 Å². The Morgan fingerprint density at radius 1 is 0.612 bits per heavy atom. The molecule has 0 aliphatic carbocycles. The van der Waals surface area contributed by atoms with Gasteiger partial charge in [-0.15, -0.1) is 0 Å². The summed E-state index contributed by atoms with van der Waals surface area (Å²) < 4.78 is 11.1. The van der Waals surface area contributed by atoms with Crippen LogP contribution in [-0.4, -0.2) is 14.5 Å². The first-order valence-electron chi connectivity index (χ1n) is 17.0. The summed E-state index contributed by atoms with van der Waals surface area (Å²) in [5.74, 6) is 4.08. The van der Waals surface area contributed by atoms with Gasteiger partial charge in [-0.1, -0.05) is 88.4 Å². The minimum absolute atomic E-state index is 0.331. The zero-order valence-corrected chi connectivity index (χ0v) is 28.3. The summed E-state index contributed by atoms with van der Waals surface area (Å²) in [6, 6.07) is 44.5. The number of nitrogens with zero attached hydrogens (tertiary/aromatic N) is 3. The van der Waals surface area contributed by atoms with E-state index >= 15 is 0 Å². The number of ether oxygens (including phenoxy) is 1. The van der Waals surface area contributed by atoms with Crippen LogP contribution < -0.4 is 9.30 Å². The predicted octanol–water partition coefficient (Wildman–Crippen LogP) is 11.2. The van der Waals surface area contributed by atoms with Crippen LogP contribution in [0.15, 0.2) is 146 Å². The lowest BCUT2D eigenvalue weighted by Gasteiger charge is -2.20. The quantitative estimate of drug-likeness (QED) is 0.168. The number of imidazole rings is 1. The van der Waals surface area contributed by atoms with Gasteiger partial charge in [0.05, 0.1) is 16.6 Å². The molecule has 0 aliphatic rings. The third kappa shape index (κ3) is 5.57. The highest BCUT2D eigenvalue weighted by Crippen LogP contribution is 2.37. The highest BCUT2D eigenvalue weighted by atomic mass is 16.5. The van der Waals surface area contributed by atoms with Gasteiger partial charge in [-0.2, -0.15) is 4.57 Å². The van der Waals surface area contributed by atoms with Gasteiger partial charge in [-0.25, -0.2) is 9.97 Å². The summed E-state index contributed by atoms with van der Waals surface area (Å²) in [6.07, 6.45) is 6.00. The number of pyridine rings is 1. The number of H-pyrrole nitrogens is 1. The van der Waals surface area contributed by atoms with E-state index in [1.807, 2.05) is 36.7 Å². The van der Waals surface area contributed by atoms with E-state index in [9.17, 15) is 0 Å². The number of aromatic amines is 1. The molecule has 0 aliphatic heterocycles. The maximum Gasteiger partial charge on any atom is 0.291 e. The second kappa shape index (κ2) is 12.6.